The van der Waals surface area contributed by atoms with Gasteiger partial charge in [-0.25, -0.2) is 9.97 Å². The second-order valence-corrected chi connectivity index (χ2v) is 6.32. The summed E-state index contributed by atoms with van der Waals surface area (Å²) in [5.74, 6) is 3.34. The van der Waals surface area contributed by atoms with Gasteiger partial charge in [-0.3, -0.25) is 0 Å². The molecule has 0 fully saturated rings. The molecule has 0 aromatic carbocycles. The quantitative estimate of drug-likeness (QED) is 0.367. The molecule has 38 heavy (non-hydrogen) atoms. The molecule has 2 rings (SSSR count). The van der Waals surface area contributed by atoms with Gasteiger partial charge in [0.25, 0.3) is 0 Å². The summed E-state index contributed by atoms with van der Waals surface area (Å²) in [6.07, 6.45) is 2.50. The van der Waals surface area contributed by atoms with Crippen molar-refractivity contribution in [1.82, 2.24) is 9.97 Å². The van der Waals surface area contributed by atoms with Crippen LogP contribution in [0.1, 0.15) is 146 Å². The topological polar surface area (TPSA) is 70.5 Å². The van der Waals surface area contributed by atoms with Gasteiger partial charge in [-0.2, -0.15) is 0 Å². The fourth-order valence-corrected chi connectivity index (χ4v) is 1.27. The lowest BCUT2D eigenvalue weighted by Gasteiger charge is -1.77. The number of nitrogens with zero attached hydrogens (tertiary/aromatic N) is 2. The molecule has 0 aliphatic rings. The standard InChI is InChI=1S/2C6H9NO.2C3H8O.2C3H8.2C2H6.4CH4/c2*1-4-5(2)8-6(3)7-4;2*1-3-4-2;2*1-3-2;2*1-2;;;;/h2*1-3H3;2*3H2,1-2H3;2*3H2,1-2H3;2*1-2H3;4*1H4. The third-order valence-electron chi connectivity index (χ3n) is 2.85. The molecule has 0 N–H and O–H groups in total. The highest BCUT2D eigenvalue weighted by Gasteiger charge is 1.98. The number of aryl methyl sites for hydroxylation is 6. The molecule has 0 saturated carbocycles. The highest BCUT2D eigenvalue weighted by Crippen LogP contribution is 2.06. The monoisotopic (exact) mass is 555 g/mol. The van der Waals surface area contributed by atoms with Gasteiger partial charge in [0.1, 0.15) is 11.5 Å². The normalized spacial score (nSPS) is 7.00. The summed E-state index contributed by atoms with van der Waals surface area (Å²) in [6.45, 7) is 33.4. The van der Waals surface area contributed by atoms with Crippen molar-refractivity contribution < 1.29 is 18.3 Å². The van der Waals surface area contributed by atoms with Crippen LogP contribution in [-0.2, 0) is 9.47 Å². The summed E-state index contributed by atoms with van der Waals surface area (Å²) in [5.41, 5.74) is 1.98. The van der Waals surface area contributed by atoms with Gasteiger partial charge in [0, 0.05) is 41.3 Å². The van der Waals surface area contributed by atoms with E-state index in [1.165, 1.54) is 12.8 Å². The Bertz CT molecular complexity index is 473. The fraction of sp³-hybridized carbons (Fsp3) is 0.812. The minimum Gasteiger partial charge on any atom is -0.446 e. The third-order valence-corrected chi connectivity index (χ3v) is 2.85. The Morgan fingerprint density at radius 1 is 0.500 bits per heavy atom. The number of ether oxygens (including phenoxy) is 2. The molecule has 0 atom stereocenters. The van der Waals surface area contributed by atoms with Crippen LogP contribution in [0.4, 0.5) is 0 Å². The van der Waals surface area contributed by atoms with Crippen molar-refractivity contribution in [3.8, 4) is 0 Å². The zero-order valence-electron chi connectivity index (χ0n) is 26.4. The van der Waals surface area contributed by atoms with Crippen molar-refractivity contribution in [3.05, 3.63) is 34.7 Å². The van der Waals surface area contributed by atoms with Crippen LogP contribution < -0.4 is 0 Å². The van der Waals surface area contributed by atoms with Crippen LogP contribution in [0.5, 0.6) is 0 Å². The van der Waals surface area contributed by atoms with E-state index in [9.17, 15) is 0 Å². The lowest BCUT2D eigenvalue weighted by atomic mass is 10.4. The zero-order chi connectivity index (χ0) is 28.5. The van der Waals surface area contributed by atoms with Gasteiger partial charge in [-0.1, -0.05) is 97.9 Å². The van der Waals surface area contributed by atoms with Gasteiger partial charge in [0.2, 0.25) is 0 Å². The van der Waals surface area contributed by atoms with Crippen LogP contribution >= 0.6 is 0 Å². The molecule has 0 amide bonds. The molecule has 0 saturated heterocycles. The number of hydrogen-bond donors (Lipinski definition) is 0. The van der Waals surface area contributed by atoms with Crippen molar-refractivity contribution >= 4 is 0 Å². The average molecular weight is 555 g/mol. The maximum absolute atomic E-state index is 5.10. The third kappa shape index (κ3) is 64.4. The second kappa shape index (κ2) is 60.1. The Balaban J connectivity index is -0.0000000308. The van der Waals surface area contributed by atoms with E-state index >= 15 is 0 Å². The van der Waals surface area contributed by atoms with Gasteiger partial charge in [-0.15, -0.1) is 0 Å². The second-order valence-electron chi connectivity index (χ2n) is 6.32. The first-order chi connectivity index (χ1) is 16.1. The predicted octanol–water partition coefficient (Wildman–Crippen LogP) is 11.9. The van der Waals surface area contributed by atoms with Crippen LogP contribution in [0.15, 0.2) is 8.83 Å². The summed E-state index contributed by atoms with van der Waals surface area (Å²) < 4.78 is 19.3. The van der Waals surface area contributed by atoms with E-state index in [1.54, 1.807) is 14.2 Å². The molecule has 6 nitrogen and oxygen atoms in total. The first kappa shape index (κ1) is 65.4. The average Bonchev–Trinajstić information content (AvgIpc) is 3.29. The Kier molecular flexibility index (Phi) is 103. The Labute approximate surface area is 243 Å². The lowest BCUT2D eigenvalue weighted by Crippen LogP contribution is -1.73. The van der Waals surface area contributed by atoms with Gasteiger partial charge in [0.05, 0.1) is 11.4 Å². The Morgan fingerprint density at radius 3 is 0.684 bits per heavy atom. The highest BCUT2D eigenvalue weighted by molar-refractivity contribution is 5.04. The molecule has 0 aliphatic carbocycles. The molecule has 2 aromatic heterocycles. The van der Waals surface area contributed by atoms with E-state index in [2.05, 4.69) is 47.1 Å². The van der Waals surface area contributed by atoms with E-state index < -0.39 is 0 Å². The minimum atomic E-state index is 0. The number of oxazole rings is 2. The largest absolute Gasteiger partial charge is 0.446 e. The SMILES string of the molecule is C.C.C.C.CC.CC.CCC.CCC.CCOC.CCOC.Cc1nc(C)c(C)o1.Cc1nc(C)c(C)o1. The Hall–Kier alpha value is -1.66. The molecule has 2 aromatic rings. The molecule has 2 heterocycles. The van der Waals surface area contributed by atoms with E-state index in [0.29, 0.717) is 0 Å². The van der Waals surface area contributed by atoms with E-state index in [4.69, 9.17) is 8.83 Å². The Morgan fingerprint density at radius 2 is 0.658 bits per heavy atom. The first-order valence-corrected chi connectivity index (χ1v) is 12.8. The zero-order valence-corrected chi connectivity index (χ0v) is 26.4. The summed E-state index contributed by atoms with van der Waals surface area (Å²) in [4.78, 5) is 8.09. The molecule has 0 radical (unpaired) electrons. The maximum Gasteiger partial charge on any atom is 0.191 e. The number of rotatable bonds is 2. The molecule has 0 spiro atoms. The highest BCUT2D eigenvalue weighted by atomic mass is 16.5. The fourth-order valence-electron chi connectivity index (χ4n) is 1.27. The summed E-state index contributed by atoms with van der Waals surface area (Å²) in [6, 6.07) is 0. The van der Waals surface area contributed by atoms with Crippen molar-refractivity contribution in [1.29, 1.82) is 0 Å². The molecule has 0 aliphatic heterocycles. The van der Waals surface area contributed by atoms with Crippen LogP contribution in [0.3, 0.4) is 0 Å². The van der Waals surface area contributed by atoms with Gasteiger partial charge >= 0.3 is 0 Å². The van der Waals surface area contributed by atoms with Crippen molar-refractivity contribution in [2.24, 2.45) is 0 Å². The predicted molar refractivity (Wildman–Crippen MR) is 178 cm³/mol. The number of hydrogen-bond acceptors (Lipinski definition) is 6. The molecule has 0 bridgehead atoms. The van der Waals surface area contributed by atoms with Gasteiger partial charge in [0.15, 0.2) is 11.8 Å². The van der Waals surface area contributed by atoms with Crippen LogP contribution in [0, 0.1) is 41.5 Å². The van der Waals surface area contributed by atoms with Gasteiger partial charge in [-0.05, 0) is 41.5 Å². The van der Waals surface area contributed by atoms with Gasteiger partial charge < -0.3 is 18.3 Å². The molecular weight excluding hydrogens is 476 g/mol. The molecule has 6 heteroatoms. The van der Waals surface area contributed by atoms with Crippen molar-refractivity contribution in [2.45, 2.75) is 153 Å². The summed E-state index contributed by atoms with van der Waals surface area (Å²) >= 11 is 0. The van der Waals surface area contributed by atoms with E-state index in [0.717, 1.165) is 47.9 Å². The molecule has 0 unspecified atom stereocenters. The van der Waals surface area contributed by atoms with Crippen LogP contribution in [0.25, 0.3) is 0 Å². The first-order valence-electron chi connectivity index (χ1n) is 12.8. The van der Waals surface area contributed by atoms with Crippen LogP contribution in [-0.4, -0.2) is 37.4 Å². The minimum absolute atomic E-state index is 0. The molecular formula is C32H78N2O4. The number of aromatic nitrogens is 2. The van der Waals surface area contributed by atoms with Crippen molar-refractivity contribution in [3.63, 3.8) is 0 Å². The molecule has 240 valence electrons. The smallest absolute Gasteiger partial charge is 0.191 e. The van der Waals surface area contributed by atoms with E-state index in [-0.39, 0.29) is 29.7 Å². The summed E-state index contributed by atoms with van der Waals surface area (Å²) in [5, 5.41) is 0. The van der Waals surface area contributed by atoms with E-state index in [1.807, 2.05) is 83.1 Å². The van der Waals surface area contributed by atoms with Crippen molar-refractivity contribution in [2.75, 3.05) is 27.4 Å². The number of methoxy groups -OCH3 is 2. The lowest BCUT2D eigenvalue weighted by molar-refractivity contribution is 0.215. The maximum atomic E-state index is 5.10. The van der Waals surface area contributed by atoms with Crippen LogP contribution in [0.2, 0.25) is 0 Å². The summed E-state index contributed by atoms with van der Waals surface area (Å²) in [7, 11) is 3.36.